The van der Waals surface area contributed by atoms with Gasteiger partial charge in [0.15, 0.2) is 0 Å². The molecule has 0 radical (unpaired) electrons. The Morgan fingerprint density at radius 2 is 2.27 bits per heavy atom. The van der Waals surface area contributed by atoms with Crippen molar-refractivity contribution >= 4 is 29.1 Å². The number of carbonyl (C=O) groups is 1. The second-order valence-electron chi connectivity index (χ2n) is 3.29. The molecule has 1 aromatic rings. The third-order valence-electron chi connectivity index (χ3n) is 1.91. The zero-order valence-electron chi connectivity index (χ0n) is 8.42. The van der Waals surface area contributed by atoms with Gasteiger partial charge >= 0.3 is 0 Å². The fourth-order valence-electron chi connectivity index (χ4n) is 1.09. The molecule has 15 heavy (non-hydrogen) atoms. The molecule has 0 aliphatic heterocycles. The maximum atomic E-state index is 11.6. The van der Waals surface area contributed by atoms with Gasteiger partial charge in [0.25, 0.3) is 5.91 Å². The molecule has 0 aliphatic carbocycles. The quantitative estimate of drug-likeness (QED) is 0.854. The average molecular weight is 251 g/mol. The molecule has 0 spiro atoms. The summed E-state index contributed by atoms with van der Waals surface area (Å²) in [6.45, 7) is 1.78. The van der Waals surface area contributed by atoms with E-state index >= 15 is 0 Å². The van der Waals surface area contributed by atoms with E-state index in [0.29, 0.717) is 15.9 Å². The van der Waals surface area contributed by atoms with Crippen LogP contribution in [0.25, 0.3) is 0 Å². The molecule has 1 rings (SSSR count). The van der Waals surface area contributed by atoms with Gasteiger partial charge < -0.3 is 15.0 Å². The van der Waals surface area contributed by atoms with Crippen LogP contribution in [-0.2, 0) is 7.05 Å². The van der Waals surface area contributed by atoms with Crippen molar-refractivity contribution in [1.82, 2.24) is 9.88 Å². The summed E-state index contributed by atoms with van der Waals surface area (Å²) in [4.78, 5) is 11.6. The molecule has 2 N–H and O–H groups in total. The average Bonchev–Trinajstić information content (AvgIpc) is 2.42. The van der Waals surface area contributed by atoms with E-state index in [1.165, 1.54) is 10.6 Å². The number of nitrogens with one attached hydrogen (secondary N) is 1. The highest BCUT2D eigenvalue weighted by Crippen LogP contribution is 2.24. The number of hydrogen-bond acceptors (Lipinski definition) is 2. The smallest absolute Gasteiger partial charge is 0.268 e. The molecular formula is C9H12Cl2N2O2. The Kier molecular flexibility index (Phi) is 4.02. The molecule has 0 aromatic carbocycles. The lowest BCUT2D eigenvalue weighted by Gasteiger charge is -2.07. The van der Waals surface area contributed by atoms with E-state index < -0.39 is 6.10 Å². The third-order valence-corrected chi connectivity index (χ3v) is 2.75. The number of rotatable bonds is 3. The minimum atomic E-state index is -0.583. The third kappa shape index (κ3) is 2.87. The van der Waals surface area contributed by atoms with Crippen molar-refractivity contribution in [3.8, 4) is 0 Å². The van der Waals surface area contributed by atoms with Crippen molar-refractivity contribution in [2.24, 2.45) is 7.05 Å². The molecule has 4 nitrogen and oxygen atoms in total. The van der Waals surface area contributed by atoms with Gasteiger partial charge in [0.2, 0.25) is 0 Å². The van der Waals surface area contributed by atoms with Gasteiger partial charge in [0.05, 0.1) is 11.1 Å². The van der Waals surface area contributed by atoms with Crippen molar-refractivity contribution in [2.45, 2.75) is 13.0 Å². The van der Waals surface area contributed by atoms with Crippen LogP contribution in [-0.4, -0.2) is 28.2 Å². The molecule has 0 saturated heterocycles. The monoisotopic (exact) mass is 250 g/mol. The minimum Gasteiger partial charge on any atom is -0.392 e. The fourth-order valence-corrected chi connectivity index (χ4v) is 1.47. The van der Waals surface area contributed by atoms with Crippen molar-refractivity contribution in [3.63, 3.8) is 0 Å². The summed E-state index contributed by atoms with van der Waals surface area (Å²) in [5.41, 5.74) is 0.366. The number of aliphatic hydroxyl groups is 1. The molecule has 1 atom stereocenters. The summed E-state index contributed by atoms with van der Waals surface area (Å²) in [5, 5.41) is 12.2. The lowest BCUT2D eigenvalue weighted by atomic mass is 10.3. The zero-order chi connectivity index (χ0) is 11.6. The standard InChI is InChI=1S/C9H12Cl2N2O2/c1-5(14)4-12-9(15)7-3-6(10)8(11)13(7)2/h3,5,14H,4H2,1-2H3,(H,12,15)/t5-/m1/s1. The molecule has 0 unspecified atom stereocenters. The second kappa shape index (κ2) is 4.88. The van der Waals surface area contributed by atoms with E-state index in [2.05, 4.69) is 5.32 Å². The Balaban J connectivity index is 2.78. The highest BCUT2D eigenvalue weighted by Gasteiger charge is 2.15. The summed E-state index contributed by atoms with van der Waals surface area (Å²) < 4.78 is 1.49. The number of aliphatic hydroxyl groups excluding tert-OH is 1. The minimum absolute atomic E-state index is 0.194. The van der Waals surface area contributed by atoms with Crippen LogP contribution in [0.4, 0.5) is 0 Å². The molecule has 0 saturated carbocycles. The van der Waals surface area contributed by atoms with Gasteiger partial charge in [-0.2, -0.15) is 0 Å². The summed E-state index contributed by atoms with van der Waals surface area (Å²) in [7, 11) is 1.64. The Morgan fingerprint density at radius 1 is 1.67 bits per heavy atom. The summed E-state index contributed by atoms with van der Waals surface area (Å²) in [5.74, 6) is -0.313. The summed E-state index contributed by atoms with van der Waals surface area (Å²) >= 11 is 11.6. The van der Waals surface area contributed by atoms with Crippen molar-refractivity contribution in [2.75, 3.05) is 6.54 Å². The number of aromatic nitrogens is 1. The van der Waals surface area contributed by atoms with Gasteiger partial charge in [0.1, 0.15) is 10.8 Å². The Bertz CT molecular complexity index is 374. The van der Waals surface area contributed by atoms with Crippen LogP contribution in [0.3, 0.4) is 0 Å². The molecule has 0 aliphatic rings. The molecule has 1 amide bonds. The first-order valence-electron chi connectivity index (χ1n) is 4.40. The number of nitrogens with zero attached hydrogens (tertiary/aromatic N) is 1. The molecule has 1 heterocycles. The van der Waals surface area contributed by atoms with Gasteiger partial charge in [-0.25, -0.2) is 0 Å². The highest BCUT2D eigenvalue weighted by molar-refractivity contribution is 6.41. The van der Waals surface area contributed by atoms with Crippen LogP contribution < -0.4 is 5.32 Å². The van der Waals surface area contributed by atoms with E-state index in [0.717, 1.165) is 0 Å². The first kappa shape index (κ1) is 12.4. The van der Waals surface area contributed by atoms with Gasteiger partial charge in [0, 0.05) is 13.6 Å². The van der Waals surface area contributed by atoms with Gasteiger partial charge in [-0.05, 0) is 13.0 Å². The van der Waals surface area contributed by atoms with E-state index in [4.69, 9.17) is 28.3 Å². The number of carbonyl (C=O) groups excluding carboxylic acids is 1. The lowest BCUT2D eigenvalue weighted by Crippen LogP contribution is -2.31. The van der Waals surface area contributed by atoms with E-state index in [9.17, 15) is 4.79 Å². The second-order valence-corrected chi connectivity index (χ2v) is 4.05. The Morgan fingerprint density at radius 3 is 2.67 bits per heavy atom. The van der Waals surface area contributed by atoms with E-state index in [1.807, 2.05) is 0 Å². The van der Waals surface area contributed by atoms with Crippen LogP contribution in [0.15, 0.2) is 6.07 Å². The highest BCUT2D eigenvalue weighted by atomic mass is 35.5. The molecule has 6 heteroatoms. The predicted molar refractivity (Wildman–Crippen MR) is 59.4 cm³/mol. The molecule has 1 aromatic heterocycles. The van der Waals surface area contributed by atoms with Crippen LogP contribution >= 0.6 is 23.2 Å². The number of halogens is 2. The molecule has 0 fully saturated rings. The van der Waals surface area contributed by atoms with Crippen molar-refractivity contribution in [1.29, 1.82) is 0 Å². The Labute approximate surface area is 97.8 Å². The van der Waals surface area contributed by atoms with Crippen molar-refractivity contribution < 1.29 is 9.90 Å². The van der Waals surface area contributed by atoms with Gasteiger partial charge in [-0.15, -0.1) is 0 Å². The first-order valence-corrected chi connectivity index (χ1v) is 5.16. The van der Waals surface area contributed by atoms with Crippen LogP contribution in [0.2, 0.25) is 10.2 Å². The number of hydrogen-bond donors (Lipinski definition) is 2. The predicted octanol–water partition coefficient (Wildman–Crippen LogP) is 1.44. The Hall–Kier alpha value is -0.710. The van der Waals surface area contributed by atoms with E-state index in [-0.39, 0.29) is 12.5 Å². The van der Waals surface area contributed by atoms with Gasteiger partial charge in [-0.1, -0.05) is 23.2 Å². The topological polar surface area (TPSA) is 54.3 Å². The van der Waals surface area contributed by atoms with Crippen LogP contribution in [0.1, 0.15) is 17.4 Å². The van der Waals surface area contributed by atoms with Gasteiger partial charge in [-0.3, -0.25) is 4.79 Å². The fraction of sp³-hybridized carbons (Fsp3) is 0.444. The molecular weight excluding hydrogens is 239 g/mol. The SMILES string of the molecule is C[C@@H](O)CNC(=O)c1cc(Cl)c(Cl)n1C. The van der Waals surface area contributed by atoms with Crippen molar-refractivity contribution in [3.05, 3.63) is 21.9 Å². The zero-order valence-corrected chi connectivity index (χ0v) is 9.93. The first-order chi connectivity index (χ1) is 6.93. The maximum absolute atomic E-state index is 11.6. The maximum Gasteiger partial charge on any atom is 0.268 e. The van der Waals surface area contributed by atoms with Crippen LogP contribution in [0.5, 0.6) is 0 Å². The van der Waals surface area contributed by atoms with Crippen LogP contribution in [0, 0.1) is 0 Å². The lowest BCUT2D eigenvalue weighted by molar-refractivity contribution is 0.0916. The molecule has 0 bridgehead atoms. The summed E-state index contributed by atoms with van der Waals surface area (Å²) in [6.07, 6.45) is -0.583. The normalized spacial score (nSPS) is 12.6. The van der Waals surface area contributed by atoms with E-state index in [1.54, 1.807) is 14.0 Å². The number of amides is 1. The summed E-state index contributed by atoms with van der Waals surface area (Å²) in [6, 6.07) is 1.49. The largest absolute Gasteiger partial charge is 0.392 e. The molecule has 84 valence electrons.